The first kappa shape index (κ1) is 24.2. The standard InChI is InChI=1S/C28H25N3O3S/c1-3-34-27(33)22-14-16-23(17-15-22)29-26(32)19(2)35-28-30-24(20-10-6-4-7-11-20)18-25(31-28)21-12-8-5-9-13-21/h4-19H,3H2,1-2H3,(H,29,32). The molecule has 6 nitrogen and oxygen atoms in total. The van der Waals surface area contributed by atoms with Crippen LogP contribution in [0.2, 0.25) is 0 Å². The molecule has 0 bridgehead atoms. The van der Waals surface area contributed by atoms with Crippen LogP contribution in [0.3, 0.4) is 0 Å². The van der Waals surface area contributed by atoms with Crippen LogP contribution in [0.15, 0.2) is 96.2 Å². The molecule has 0 aliphatic rings. The van der Waals surface area contributed by atoms with Crippen LogP contribution >= 0.6 is 11.8 Å². The quantitative estimate of drug-likeness (QED) is 0.185. The second-order valence-corrected chi connectivity index (χ2v) is 9.01. The van der Waals surface area contributed by atoms with Gasteiger partial charge in [0.1, 0.15) is 0 Å². The minimum absolute atomic E-state index is 0.186. The molecule has 1 aromatic heterocycles. The minimum Gasteiger partial charge on any atom is -0.462 e. The number of hydrogen-bond donors (Lipinski definition) is 1. The van der Waals surface area contributed by atoms with E-state index in [1.54, 1.807) is 31.2 Å². The van der Waals surface area contributed by atoms with Crippen LogP contribution in [0.5, 0.6) is 0 Å². The molecule has 0 saturated carbocycles. The van der Waals surface area contributed by atoms with Gasteiger partial charge < -0.3 is 10.1 Å². The number of benzene rings is 3. The Hall–Kier alpha value is -3.97. The highest BCUT2D eigenvalue weighted by molar-refractivity contribution is 8.00. The molecule has 0 aliphatic carbocycles. The Morgan fingerprint density at radius 1 is 0.857 bits per heavy atom. The van der Waals surface area contributed by atoms with Crippen molar-refractivity contribution in [3.05, 3.63) is 96.6 Å². The SMILES string of the molecule is CCOC(=O)c1ccc(NC(=O)C(C)Sc2nc(-c3ccccc3)cc(-c3ccccc3)n2)cc1. The van der Waals surface area contributed by atoms with Crippen LogP contribution in [-0.2, 0) is 9.53 Å². The van der Waals surface area contributed by atoms with Crippen LogP contribution in [0.25, 0.3) is 22.5 Å². The number of aromatic nitrogens is 2. The summed E-state index contributed by atoms with van der Waals surface area (Å²) < 4.78 is 4.99. The zero-order valence-corrected chi connectivity index (χ0v) is 20.3. The number of rotatable bonds is 8. The third kappa shape index (κ3) is 6.33. The Morgan fingerprint density at radius 2 is 1.40 bits per heavy atom. The van der Waals surface area contributed by atoms with Crippen molar-refractivity contribution < 1.29 is 14.3 Å². The Bertz CT molecular complexity index is 1240. The second-order valence-electron chi connectivity index (χ2n) is 7.70. The van der Waals surface area contributed by atoms with E-state index in [0.29, 0.717) is 23.0 Å². The van der Waals surface area contributed by atoms with Gasteiger partial charge in [-0.1, -0.05) is 72.4 Å². The molecule has 3 aromatic carbocycles. The first-order valence-corrected chi connectivity index (χ1v) is 12.2. The van der Waals surface area contributed by atoms with Crippen LogP contribution in [0.1, 0.15) is 24.2 Å². The van der Waals surface area contributed by atoms with Crippen molar-refractivity contribution in [2.75, 3.05) is 11.9 Å². The van der Waals surface area contributed by atoms with E-state index in [-0.39, 0.29) is 11.9 Å². The monoisotopic (exact) mass is 483 g/mol. The maximum atomic E-state index is 12.9. The summed E-state index contributed by atoms with van der Waals surface area (Å²) in [6.07, 6.45) is 0. The molecule has 7 heteroatoms. The molecule has 4 aromatic rings. The van der Waals surface area contributed by atoms with Gasteiger partial charge in [-0.3, -0.25) is 4.79 Å². The number of carbonyl (C=O) groups excluding carboxylic acids is 2. The normalized spacial score (nSPS) is 11.5. The highest BCUT2D eigenvalue weighted by Gasteiger charge is 2.18. The maximum absolute atomic E-state index is 12.9. The third-order valence-corrected chi connectivity index (χ3v) is 6.12. The number of nitrogens with one attached hydrogen (secondary N) is 1. The molecule has 0 aliphatic heterocycles. The van der Waals surface area contributed by atoms with Gasteiger partial charge in [0, 0.05) is 16.8 Å². The molecule has 176 valence electrons. The fourth-order valence-electron chi connectivity index (χ4n) is 3.35. The minimum atomic E-state index is -0.450. The van der Waals surface area contributed by atoms with Crippen molar-refractivity contribution in [3.8, 4) is 22.5 Å². The first-order valence-electron chi connectivity index (χ1n) is 11.3. The molecular weight excluding hydrogens is 458 g/mol. The topological polar surface area (TPSA) is 81.2 Å². The molecule has 1 amide bonds. The van der Waals surface area contributed by atoms with Crippen molar-refractivity contribution in [2.45, 2.75) is 24.3 Å². The maximum Gasteiger partial charge on any atom is 0.338 e. The molecule has 4 rings (SSSR count). The summed E-state index contributed by atoms with van der Waals surface area (Å²) in [5, 5.41) is 2.95. The fraction of sp³-hybridized carbons (Fsp3) is 0.143. The summed E-state index contributed by atoms with van der Waals surface area (Å²) in [6, 6.07) is 28.4. The average molecular weight is 484 g/mol. The van der Waals surface area contributed by atoms with Crippen LogP contribution < -0.4 is 5.32 Å². The van der Waals surface area contributed by atoms with Crippen molar-refractivity contribution in [3.63, 3.8) is 0 Å². The van der Waals surface area contributed by atoms with E-state index in [1.165, 1.54) is 11.8 Å². The lowest BCUT2D eigenvalue weighted by Gasteiger charge is -2.13. The molecule has 0 saturated heterocycles. The Labute approximate surface area is 208 Å². The summed E-state index contributed by atoms with van der Waals surface area (Å²) in [6.45, 7) is 3.88. The van der Waals surface area contributed by atoms with Gasteiger partial charge in [-0.2, -0.15) is 0 Å². The number of hydrogen-bond acceptors (Lipinski definition) is 6. The summed E-state index contributed by atoms with van der Waals surface area (Å²) in [5.74, 6) is -0.576. The number of amides is 1. The van der Waals surface area contributed by atoms with Gasteiger partial charge in [-0.15, -0.1) is 0 Å². The van der Waals surface area contributed by atoms with E-state index in [1.807, 2.05) is 73.7 Å². The zero-order valence-electron chi connectivity index (χ0n) is 19.5. The zero-order chi connectivity index (χ0) is 24.6. The van der Waals surface area contributed by atoms with Crippen molar-refractivity contribution in [1.82, 2.24) is 9.97 Å². The molecule has 1 heterocycles. The third-order valence-electron chi connectivity index (χ3n) is 5.16. The van der Waals surface area contributed by atoms with Crippen LogP contribution in [-0.4, -0.2) is 33.7 Å². The van der Waals surface area contributed by atoms with Crippen LogP contribution in [0.4, 0.5) is 5.69 Å². The Morgan fingerprint density at radius 3 is 1.91 bits per heavy atom. The highest BCUT2D eigenvalue weighted by Crippen LogP contribution is 2.29. The van der Waals surface area contributed by atoms with E-state index in [2.05, 4.69) is 5.32 Å². The smallest absolute Gasteiger partial charge is 0.338 e. The van der Waals surface area contributed by atoms with Crippen LogP contribution in [0, 0.1) is 0 Å². The van der Waals surface area contributed by atoms with Crippen molar-refractivity contribution in [1.29, 1.82) is 0 Å². The van der Waals surface area contributed by atoms with Crippen molar-refractivity contribution in [2.24, 2.45) is 0 Å². The van der Waals surface area contributed by atoms with Crippen molar-refractivity contribution >= 4 is 29.3 Å². The number of nitrogens with zero attached hydrogens (tertiary/aromatic N) is 2. The van der Waals surface area contributed by atoms with Gasteiger partial charge in [0.25, 0.3) is 0 Å². The van der Waals surface area contributed by atoms with Gasteiger partial charge in [0.05, 0.1) is 28.8 Å². The Balaban J connectivity index is 1.52. The largest absolute Gasteiger partial charge is 0.462 e. The molecule has 35 heavy (non-hydrogen) atoms. The lowest BCUT2D eigenvalue weighted by Crippen LogP contribution is -2.22. The average Bonchev–Trinajstić information content (AvgIpc) is 2.90. The van der Waals surface area contributed by atoms with Gasteiger partial charge in [-0.05, 0) is 44.2 Å². The van der Waals surface area contributed by atoms with E-state index >= 15 is 0 Å². The molecule has 0 spiro atoms. The molecule has 1 atom stereocenters. The van der Waals surface area contributed by atoms with Gasteiger partial charge >= 0.3 is 5.97 Å². The molecule has 1 unspecified atom stereocenters. The number of carbonyl (C=O) groups is 2. The predicted molar refractivity (Wildman–Crippen MR) is 139 cm³/mol. The second kappa shape index (κ2) is 11.4. The fourth-order valence-corrected chi connectivity index (χ4v) is 4.14. The van der Waals surface area contributed by atoms with Gasteiger partial charge in [0.2, 0.25) is 5.91 Å². The summed E-state index contributed by atoms with van der Waals surface area (Å²) >= 11 is 1.29. The number of anilines is 1. The van der Waals surface area contributed by atoms with E-state index in [9.17, 15) is 9.59 Å². The first-order chi connectivity index (χ1) is 17.0. The predicted octanol–water partition coefficient (Wildman–Crippen LogP) is 6.11. The molecular formula is C28H25N3O3S. The molecule has 1 N–H and O–H groups in total. The summed E-state index contributed by atoms with van der Waals surface area (Å²) in [4.78, 5) is 34.1. The molecule has 0 fully saturated rings. The number of ether oxygens (including phenoxy) is 1. The summed E-state index contributed by atoms with van der Waals surface area (Å²) in [7, 11) is 0. The van der Waals surface area contributed by atoms with E-state index < -0.39 is 5.25 Å². The van der Waals surface area contributed by atoms with E-state index in [0.717, 1.165) is 22.5 Å². The Kier molecular flexibility index (Phi) is 7.90. The lowest BCUT2D eigenvalue weighted by atomic mass is 10.1. The molecule has 0 radical (unpaired) electrons. The highest BCUT2D eigenvalue weighted by atomic mass is 32.2. The van der Waals surface area contributed by atoms with Gasteiger partial charge in [-0.25, -0.2) is 14.8 Å². The number of esters is 1. The number of thioether (sulfide) groups is 1. The van der Waals surface area contributed by atoms with Gasteiger partial charge in [0.15, 0.2) is 5.16 Å². The lowest BCUT2D eigenvalue weighted by molar-refractivity contribution is -0.115. The van der Waals surface area contributed by atoms with E-state index in [4.69, 9.17) is 14.7 Å². The summed E-state index contributed by atoms with van der Waals surface area (Å²) in [5.41, 5.74) is 4.58.